The van der Waals surface area contributed by atoms with Gasteiger partial charge in [-0.1, -0.05) is 12.1 Å². The monoisotopic (exact) mass is 356 g/mol. The summed E-state index contributed by atoms with van der Waals surface area (Å²) in [6.45, 7) is 1.07. The summed E-state index contributed by atoms with van der Waals surface area (Å²) < 4.78 is 10.5. The molecule has 0 spiro atoms. The topological polar surface area (TPSA) is 63.5 Å². The Kier molecular flexibility index (Phi) is 5.74. The molecule has 2 amide bonds. The number of rotatable bonds is 7. The van der Waals surface area contributed by atoms with Crippen LogP contribution in [-0.4, -0.2) is 19.7 Å². The predicted molar refractivity (Wildman–Crippen MR) is 99.0 cm³/mol. The van der Waals surface area contributed by atoms with E-state index < -0.39 is 0 Å². The van der Waals surface area contributed by atoms with E-state index in [1.165, 1.54) is 4.88 Å². The molecule has 130 valence electrons. The number of carbonyl (C=O) groups excluding carboxylic acids is 1. The second-order valence-corrected chi connectivity index (χ2v) is 6.62. The van der Waals surface area contributed by atoms with Crippen LogP contribution in [0.5, 0.6) is 5.75 Å². The number of carbonyl (C=O) groups is 1. The molecule has 3 aromatic rings. The molecule has 25 heavy (non-hydrogen) atoms. The highest BCUT2D eigenvalue weighted by Gasteiger charge is 2.06. The molecular weight excluding hydrogens is 336 g/mol. The standard InChI is InChI=1S/C19H20N2O3S/c1-23-15-6-4-14(5-7-15)13-21-19(22)20-11-10-16-8-9-18(25-16)17-3-2-12-24-17/h2-9,12H,10-11,13H2,1H3,(H2,20,21,22). The molecule has 0 aliphatic rings. The third kappa shape index (κ3) is 4.87. The minimum absolute atomic E-state index is 0.168. The first kappa shape index (κ1) is 17.1. The lowest BCUT2D eigenvalue weighted by atomic mass is 10.2. The molecule has 2 heterocycles. The number of hydrogen-bond donors (Lipinski definition) is 2. The number of methoxy groups -OCH3 is 1. The fraction of sp³-hybridized carbons (Fsp3) is 0.211. The lowest BCUT2D eigenvalue weighted by molar-refractivity contribution is 0.240. The van der Waals surface area contributed by atoms with Crippen molar-refractivity contribution in [1.29, 1.82) is 0 Å². The molecule has 0 fully saturated rings. The van der Waals surface area contributed by atoms with Crippen LogP contribution >= 0.6 is 11.3 Å². The van der Waals surface area contributed by atoms with E-state index in [-0.39, 0.29) is 6.03 Å². The van der Waals surface area contributed by atoms with Crippen LogP contribution in [0.3, 0.4) is 0 Å². The van der Waals surface area contributed by atoms with Gasteiger partial charge in [-0.3, -0.25) is 0 Å². The van der Waals surface area contributed by atoms with Gasteiger partial charge in [0, 0.05) is 18.0 Å². The fourth-order valence-corrected chi connectivity index (χ4v) is 3.33. The Morgan fingerprint density at radius 2 is 1.96 bits per heavy atom. The zero-order valence-electron chi connectivity index (χ0n) is 14.0. The summed E-state index contributed by atoms with van der Waals surface area (Å²) in [6, 6.07) is 15.4. The Labute approximate surface area is 150 Å². The van der Waals surface area contributed by atoms with E-state index in [9.17, 15) is 4.79 Å². The summed E-state index contributed by atoms with van der Waals surface area (Å²) in [7, 11) is 1.63. The molecule has 5 nitrogen and oxygen atoms in total. The largest absolute Gasteiger partial charge is 0.497 e. The molecule has 0 saturated heterocycles. The summed E-state index contributed by atoms with van der Waals surface area (Å²) >= 11 is 1.68. The van der Waals surface area contributed by atoms with Crippen LogP contribution in [0.4, 0.5) is 4.79 Å². The second kappa shape index (κ2) is 8.39. The molecule has 2 aromatic heterocycles. The van der Waals surface area contributed by atoms with Gasteiger partial charge in [0.15, 0.2) is 0 Å². The quantitative estimate of drug-likeness (QED) is 0.671. The molecule has 3 rings (SSSR count). The number of thiophene rings is 1. The molecule has 2 N–H and O–H groups in total. The van der Waals surface area contributed by atoms with Crippen molar-refractivity contribution in [3.63, 3.8) is 0 Å². The van der Waals surface area contributed by atoms with Gasteiger partial charge < -0.3 is 19.8 Å². The minimum Gasteiger partial charge on any atom is -0.497 e. The molecule has 0 saturated carbocycles. The number of hydrogen-bond acceptors (Lipinski definition) is 4. The molecule has 1 aromatic carbocycles. The van der Waals surface area contributed by atoms with E-state index in [1.807, 2.05) is 42.5 Å². The van der Waals surface area contributed by atoms with E-state index in [4.69, 9.17) is 9.15 Å². The maximum absolute atomic E-state index is 11.9. The molecule has 0 aliphatic heterocycles. The van der Waals surface area contributed by atoms with Gasteiger partial charge in [0.25, 0.3) is 0 Å². The SMILES string of the molecule is COc1ccc(CNC(=O)NCCc2ccc(-c3ccco3)s2)cc1. The van der Waals surface area contributed by atoms with E-state index in [1.54, 1.807) is 24.7 Å². The number of nitrogens with one attached hydrogen (secondary N) is 2. The number of furan rings is 1. The Morgan fingerprint density at radius 3 is 2.68 bits per heavy atom. The summed E-state index contributed by atoms with van der Waals surface area (Å²) in [5.41, 5.74) is 1.03. The van der Waals surface area contributed by atoms with Crippen LogP contribution in [0.1, 0.15) is 10.4 Å². The summed E-state index contributed by atoms with van der Waals surface area (Å²) in [6.07, 6.45) is 2.46. The minimum atomic E-state index is -0.168. The van der Waals surface area contributed by atoms with Crippen molar-refractivity contribution in [3.05, 3.63) is 65.2 Å². The Morgan fingerprint density at radius 1 is 1.12 bits per heavy atom. The number of urea groups is 1. The highest BCUT2D eigenvalue weighted by molar-refractivity contribution is 7.15. The normalized spacial score (nSPS) is 10.4. The lowest BCUT2D eigenvalue weighted by Crippen LogP contribution is -2.36. The molecule has 0 atom stereocenters. The van der Waals surface area contributed by atoms with E-state index in [0.717, 1.165) is 28.4 Å². The second-order valence-electron chi connectivity index (χ2n) is 5.45. The van der Waals surface area contributed by atoms with Crippen LogP contribution in [0, 0.1) is 0 Å². The van der Waals surface area contributed by atoms with E-state index in [0.29, 0.717) is 13.1 Å². The average molecular weight is 356 g/mol. The Balaban J connectivity index is 1.39. The molecule has 0 bridgehead atoms. The highest BCUT2D eigenvalue weighted by atomic mass is 32.1. The van der Waals surface area contributed by atoms with Crippen LogP contribution in [-0.2, 0) is 13.0 Å². The summed E-state index contributed by atoms with van der Waals surface area (Å²) in [4.78, 5) is 14.2. The van der Waals surface area contributed by atoms with Crippen molar-refractivity contribution < 1.29 is 13.9 Å². The maximum Gasteiger partial charge on any atom is 0.315 e. The maximum atomic E-state index is 11.9. The van der Waals surface area contributed by atoms with Gasteiger partial charge in [-0.25, -0.2) is 4.79 Å². The third-order valence-electron chi connectivity index (χ3n) is 3.69. The summed E-state index contributed by atoms with van der Waals surface area (Å²) in [5.74, 6) is 1.68. The Hall–Kier alpha value is -2.73. The van der Waals surface area contributed by atoms with Crippen LogP contribution in [0.15, 0.2) is 59.2 Å². The van der Waals surface area contributed by atoms with Crippen molar-refractivity contribution in [2.45, 2.75) is 13.0 Å². The number of benzene rings is 1. The van der Waals surface area contributed by atoms with Crippen molar-refractivity contribution in [2.24, 2.45) is 0 Å². The summed E-state index contributed by atoms with van der Waals surface area (Å²) in [5, 5.41) is 5.72. The first-order valence-corrected chi connectivity index (χ1v) is 8.83. The highest BCUT2D eigenvalue weighted by Crippen LogP contribution is 2.28. The number of ether oxygens (including phenoxy) is 1. The van der Waals surface area contributed by atoms with Crippen LogP contribution < -0.4 is 15.4 Å². The lowest BCUT2D eigenvalue weighted by Gasteiger charge is -2.08. The van der Waals surface area contributed by atoms with Gasteiger partial charge in [0.2, 0.25) is 0 Å². The van der Waals surface area contributed by atoms with Gasteiger partial charge in [0.05, 0.1) is 18.3 Å². The van der Waals surface area contributed by atoms with Crippen molar-refractivity contribution in [2.75, 3.05) is 13.7 Å². The first-order valence-electron chi connectivity index (χ1n) is 8.02. The van der Waals surface area contributed by atoms with Crippen LogP contribution in [0.25, 0.3) is 10.6 Å². The molecular formula is C19H20N2O3S. The molecule has 0 radical (unpaired) electrons. The van der Waals surface area contributed by atoms with Crippen LogP contribution in [0.2, 0.25) is 0 Å². The van der Waals surface area contributed by atoms with Gasteiger partial charge >= 0.3 is 6.03 Å². The predicted octanol–water partition coefficient (Wildman–Crippen LogP) is 4.06. The zero-order chi connectivity index (χ0) is 17.5. The molecule has 0 aliphatic carbocycles. The average Bonchev–Trinajstić information content (AvgIpc) is 3.32. The zero-order valence-corrected chi connectivity index (χ0v) is 14.8. The first-order chi connectivity index (χ1) is 12.2. The van der Waals surface area contributed by atoms with Gasteiger partial charge in [-0.2, -0.15) is 0 Å². The Bertz CT molecular complexity index is 794. The van der Waals surface area contributed by atoms with Crippen molar-refractivity contribution >= 4 is 17.4 Å². The van der Waals surface area contributed by atoms with Gasteiger partial charge in [-0.05, 0) is 48.4 Å². The molecule has 0 unspecified atom stereocenters. The van der Waals surface area contributed by atoms with Gasteiger partial charge in [0.1, 0.15) is 11.5 Å². The number of amides is 2. The van der Waals surface area contributed by atoms with Gasteiger partial charge in [-0.15, -0.1) is 11.3 Å². The fourth-order valence-electron chi connectivity index (χ4n) is 2.35. The van der Waals surface area contributed by atoms with Crippen molar-refractivity contribution in [3.8, 4) is 16.4 Å². The smallest absolute Gasteiger partial charge is 0.315 e. The third-order valence-corrected chi connectivity index (χ3v) is 4.85. The molecule has 6 heteroatoms. The van der Waals surface area contributed by atoms with E-state index >= 15 is 0 Å². The van der Waals surface area contributed by atoms with Crippen molar-refractivity contribution in [1.82, 2.24) is 10.6 Å². The van der Waals surface area contributed by atoms with E-state index in [2.05, 4.69) is 16.7 Å².